The topological polar surface area (TPSA) is 84.0 Å². The molecule has 0 aliphatic carbocycles. The fraction of sp³-hybridized carbons (Fsp3) is 0.200. The van der Waals surface area contributed by atoms with E-state index >= 15 is 0 Å². The fourth-order valence-corrected chi connectivity index (χ4v) is 6.96. The number of ketones is 1. The Morgan fingerprint density at radius 3 is 2.42 bits per heavy atom. The molecule has 2 aliphatic rings. The third-order valence-corrected chi connectivity index (χ3v) is 9.16. The maximum atomic E-state index is 13.6. The zero-order valence-corrected chi connectivity index (χ0v) is 21.4. The molecule has 0 saturated carbocycles. The molecule has 0 N–H and O–H groups in total. The van der Waals surface area contributed by atoms with Crippen LogP contribution in [0.2, 0.25) is 0 Å². The number of amides is 1. The molecule has 4 aromatic rings. The van der Waals surface area contributed by atoms with Crippen LogP contribution in [0.5, 0.6) is 5.75 Å². The first-order valence-corrected chi connectivity index (χ1v) is 14.0. The van der Waals surface area contributed by atoms with Crippen molar-refractivity contribution in [3.8, 4) is 5.75 Å². The highest BCUT2D eigenvalue weighted by atomic mass is 32.2. The minimum absolute atomic E-state index is 0.0107. The standard InChI is InChI=1S/C30H26N2O5S/c33-29-27-18-26(38(35,36)32-16-6-9-24(32)20-37-25-10-2-1-3-11-25)14-15-28(27)31(30(29)34)19-21-12-13-22-7-4-5-8-23(22)17-21/h1-5,7-8,10-15,17-18,24H,6,9,16,19-20H2/t24-/m0/s1. The smallest absolute Gasteiger partial charge is 0.299 e. The van der Waals surface area contributed by atoms with Crippen LogP contribution < -0.4 is 9.64 Å². The molecule has 192 valence electrons. The number of Topliss-reactive ketones (excluding diaryl/α,β-unsaturated/α-hetero) is 1. The highest BCUT2D eigenvalue weighted by Gasteiger charge is 2.40. The Hall–Kier alpha value is -4.01. The van der Waals surface area contributed by atoms with E-state index < -0.39 is 21.7 Å². The van der Waals surface area contributed by atoms with Gasteiger partial charge in [-0.05, 0) is 65.6 Å². The molecule has 2 aliphatic heterocycles. The van der Waals surface area contributed by atoms with Gasteiger partial charge >= 0.3 is 0 Å². The largest absolute Gasteiger partial charge is 0.492 e. The number of anilines is 1. The number of ether oxygens (including phenoxy) is 1. The number of nitrogens with zero attached hydrogens (tertiary/aromatic N) is 2. The lowest BCUT2D eigenvalue weighted by Crippen LogP contribution is -2.39. The van der Waals surface area contributed by atoms with Gasteiger partial charge in [0, 0.05) is 6.54 Å². The van der Waals surface area contributed by atoms with Gasteiger partial charge in [0.2, 0.25) is 10.0 Å². The van der Waals surface area contributed by atoms with Gasteiger partial charge in [-0.2, -0.15) is 4.31 Å². The second-order valence-corrected chi connectivity index (χ2v) is 11.5. The summed E-state index contributed by atoms with van der Waals surface area (Å²) in [5, 5.41) is 2.13. The van der Waals surface area contributed by atoms with Gasteiger partial charge in [-0.15, -0.1) is 0 Å². The molecule has 6 rings (SSSR count). The second kappa shape index (κ2) is 9.70. The van der Waals surface area contributed by atoms with Crippen LogP contribution in [0, 0.1) is 0 Å². The van der Waals surface area contributed by atoms with E-state index in [2.05, 4.69) is 0 Å². The average Bonchev–Trinajstić information content (AvgIpc) is 3.52. The zero-order valence-electron chi connectivity index (χ0n) is 20.6. The summed E-state index contributed by atoms with van der Waals surface area (Å²) in [7, 11) is -3.88. The third kappa shape index (κ3) is 4.36. The van der Waals surface area contributed by atoms with Crippen molar-refractivity contribution in [2.24, 2.45) is 0 Å². The van der Waals surface area contributed by atoms with Crippen LogP contribution in [0.15, 0.2) is 95.9 Å². The molecule has 0 bridgehead atoms. The summed E-state index contributed by atoms with van der Waals surface area (Å²) in [5.41, 5.74) is 1.43. The predicted octanol–water partition coefficient (Wildman–Crippen LogP) is 4.80. The van der Waals surface area contributed by atoms with Crippen LogP contribution in [0.3, 0.4) is 0 Å². The van der Waals surface area contributed by atoms with Crippen molar-refractivity contribution >= 4 is 38.2 Å². The molecule has 2 heterocycles. The average molecular weight is 527 g/mol. The number of hydrogen-bond donors (Lipinski definition) is 0. The number of rotatable bonds is 7. The Labute approximate surface area is 221 Å². The summed E-state index contributed by atoms with van der Waals surface area (Å²) < 4.78 is 34.5. The van der Waals surface area contributed by atoms with Gasteiger partial charge in [0.15, 0.2) is 0 Å². The second-order valence-electron chi connectivity index (χ2n) is 9.62. The van der Waals surface area contributed by atoms with Gasteiger partial charge < -0.3 is 9.64 Å². The summed E-state index contributed by atoms with van der Waals surface area (Å²) in [6, 6.07) is 27.2. The van der Waals surface area contributed by atoms with Crippen LogP contribution >= 0.6 is 0 Å². The summed E-state index contributed by atoms with van der Waals surface area (Å²) in [5.74, 6) is -0.661. The number of para-hydroxylation sites is 1. The lowest BCUT2D eigenvalue weighted by molar-refractivity contribution is -0.114. The molecule has 1 atom stereocenters. The van der Waals surface area contributed by atoms with E-state index in [1.54, 1.807) is 6.07 Å². The number of sulfonamides is 1. The molecule has 8 heteroatoms. The Morgan fingerprint density at radius 1 is 0.842 bits per heavy atom. The first kappa shape index (κ1) is 24.3. The van der Waals surface area contributed by atoms with Crippen molar-refractivity contribution in [3.63, 3.8) is 0 Å². The molecule has 0 unspecified atom stereocenters. The summed E-state index contributed by atoms with van der Waals surface area (Å²) in [6.07, 6.45) is 1.41. The van der Waals surface area contributed by atoms with Crippen molar-refractivity contribution in [2.45, 2.75) is 30.3 Å². The molecular weight excluding hydrogens is 500 g/mol. The van der Waals surface area contributed by atoms with Crippen LogP contribution in [0.25, 0.3) is 10.8 Å². The summed E-state index contributed by atoms with van der Waals surface area (Å²) >= 11 is 0. The van der Waals surface area contributed by atoms with E-state index in [4.69, 9.17) is 4.74 Å². The maximum Gasteiger partial charge on any atom is 0.299 e. The highest BCUT2D eigenvalue weighted by Crippen LogP contribution is 2.35. The molecule has 4 aromatic carbocycles. The van der Waals surface area contributed by atoms with Gasteiger partial charge in [0.05, 0.1) is 28.7 Å². The van der Waals surface area contributed by atoms with Gasteiger partial charge in [-0.25, -0.2) is 8.42 Å². The van der Waals surface area contributed by atoms with E-state index in [9.17, 15) is 18.0 Å². The highest BCUT2D eigenvalue weighted by molar-refractivity contribution is 7.89. The Kier molecular flexibility index (Phi) is 6.21. The molecule has 7 nitrogen and oxygen atoms in total. The van der Waals surface area contributed by atoms with Gasteiger partial charge in [-0.1, -0.05) is 54.6 Å². The molecule has 0 spiro atoms. The normalized spacial score (nSPS) is 17.8. The van der Waals surface area contributed by atoms with E-state index in [0.717, 1.165) is 22.8 Å². The van der Waals surface area contributed by atoms with E-state index in [-0.39, 0.29) is 29.7 Å². The number of benzene rings is 4. The molecule has 1 amide bonds. The van der Waals surface area contributed by atoms with Crippen molar-refractivity contribution < 1.29 is 22.7 Å². The molecule has 0 radical (unpaired) electrons. The Balaban J connectivity index is 1.25. The van der Waals surface area contributed by atoms with Crippen LogP contribution in [-0.4, -0.2) is 43.6 Å². The van der Waals surface area contributed by atoms with Gasteiger partial charge in [0.25, 0.3) is 11.7 Å². The molecule has 1 fully saturated rings. The van der Waals surface area contributed by atoms with E-state index in [1.807, 2.05) is 72.8 Å². The predicted molar refractivity (Wildman–Crippen MR) is 145 cm³/mol. The monoisotopic (exact) mass is 526 g/mol. The minimum atomic E-state index is -3.88. The van der Waals surface area contributed by atoms with Crippen LogP contribution in [-0.2, 0) is 21.4 Å². The quantitative estimate of drug-likeness (QED) is 0.323. The number of fused-ring (bicyclic) bond motifs is 2. The number of carbonyl (C=O) groups is 2. The van der Waals surface area contributed by atoms with E-state index in [0.29, 0.717) is 24.4 Å². The van der Waals surface area contributed by atoms with E-state index in [1.165, 1.54) is 21.3 Å². The van der Waals surface area contributed by atoms with Crippen molar-refractivity contribution in [1.29, 1.82) is 0 Å². The Bertz CT molecular complexity index is 1650. The fourth-order valence-electron chi connectivity index (χ4n) is 5.25. The zero-order chi connectivity index (χ0) is 26.3. The SMILES string of the molecule is O=C1C(=O)N(Cc2ccc3ccccc3c2)c2ccc(S(=O)(=O)N3CCC[C@H]3COc3ccccc3)cc21. The van der Waals surface area contributed by atoms with Gasteiger partial charge in [-0.3, -0.25) is 9.59 Å². The minimum Gasteiger partial charge on any atom is -0.492 e. The third-order valence-electron chi connectivity index (χ3n) is 7.21. The first-order chi connectivity index (χ1) is 18.4. The Morgan fingerprint density at radius 2 is 1.61 bits per heavy atom. The number of hydrogen-bond acceptors (Lipinski definition) is 5. The van der Waals surface area contributed by atoms with Crippen molar-refractivity contribution in [3.05, 3.63) is 102 Å². The van der Waals surface area contributed by atoms with Crippen LogP contribution in [0.4, 0.5) is 5.69 Å². The number of carbonyl (C=O) groups excluding carboxylic acids is 2. The van der Waals surface area contributed by atoms with Gasteiger partial charge in [0.1, 0.15) is 12.4 Å². The molecular formula is C30H26N2O5S. The maximum absolute atomic E-state index is 13.6. The van der Waals surface area contributed by atoms with Crippen molar-refractivity contribution in [1.82, 2.24) is 4.31 Å². The molecule has 1 saturated heterocycles. The van der Waals surface area contributed by atoms with Crippen molar-refractivity contribution in [2.75, 3.05) is 18.1 Å². The summed E-state index contributed by atoms with van der Waals surface area (Å²) in [4.78, 5) is 27.3. The molecule has 0 aromatic heterocycles. The summed E-state index contributed by atoms with van der Waals surface area (Å²) in [6.45, 7) is 0.841. The van der Waals surface area contributed by atoms with Crippen LogP contribution in [0.1, 0.15) is 28.8 Å². The lowest BCUT2D eigenvalue weighted by atomic mass is 10.1. The lowest BCUT2D eigenvalue weighted by Gasteiger charge is -2.24. The molecule has 38 heavy (non-hydrogen) atoms. The first-order valence-electron chi connectivity index (χ1n) is 12.6.